The molecule has 2 amide bonds. The molecular formula is C25H29N3O4S. The largest absolute Gasteiger partial charge is 0.481 e. The van der Waals surface area contributed by atoms with Crippen LogP contribution >= 0.6 is 11.3 Å². The summed E-state index contributed by atoms with van der Waals surface area (Å²) in [4.78, 5) is 43.8. The highest BCUT2D eigenvalue weighted by atomic mass is 32.1. The number of rotatable bonds is 6. The van der Waals surface area contributed by atoms with Crippen molar-refractivity contribution in [2.75, 3.05) is 5.32 Å². The molecule has 7 nitrogen and oxygen atoms in total. The summed E-state index contributed by atoms with van der Waals surface area (Å²) in [5, 5.41) is 16.3. The molecular weight excluding hydrogens is 438 g/mol. The first kappa shape index (κ1) is 22.1. The summed E-state index contributed by atoms with van der Waals surface area (Å²) in [5.74, 6) is -2.25. The summed E-state index contributed by atoms with van der Waals surface area (Å²) in [6, 6.07) is 3.74. The first-order chi connectivity index (χ1) is 16.0. The van der Waals surface area contributed by atoms with E-state index in [4.69, 9.17) is 0 Å². The lowest BCUT2D eigenvalue weighted by atomic mass is 9.78. The summed E-state index contributed by atoms with van der Waals surface area (Å²) >= 11 is 1.49. The number of fused-ring (bicyclic) bond motifs is 3. The summed E-state index contributed by atoms with van der Waals surface area (Å²) in [6.07, 6.45) is 11.0. The first-order valence-electron chi connectivity index (χ1n) is 11.9. The molecule has 2 aromatic rings. The van der Waals surface area contributed by atoms with Gasteiger partial charge in [0.25, 0.3) is 5.91 Å². The Kier molecular flexibility index (Phi) is 6.19. The van der Waals surface area contributed by atoms with E-state index in [2.05, 4.69) is 15.6 Å². The van der Waals surface area contributed by atoms with Gasteiger partial charge in [0.05, 0.1) is 17.4 Å². The van der Waals surface area contributed by atoms with Gasteiger partial charge >= 0.3 is 5.97 Å². The first-order valence-corrected chi connectivity index (χ1v) is 12.7. The number of thiophene rings is 1. The summed E-state index contributed by atoms with van der Waals surface area (Å²) in [5.41, 5.74) is 2.51. The van der Waals surface area contributed by atoms with Crippen molar-refractivity contribution in [3.63, 3.8) is 0 Å². The average Bonchev–Trinajstić information content (AvgIpc) is 3.47. The number of hydrogen-bond acceptors (Lipinski definition) is 5. The van der Waals surface area contributed by atoms with Crippen molar-refractivity contribution < 1.29 is 19.5 Å². The smallest absolute Gasteiger partial charge is 0.307 e. The maximum atomic E-state index is 13.3. The Hall–Kier alpha value is -2.74. The monoisotopic (exact) mass is 467 g/mol. The normalized spacial score (nSPS) is 25.8. The molecule has 0 spiro atoms. The van der Waals surface area contributed by atoms with Crippen molar-refractivity contribution in [1.29, 1.82) is 0 Å². The van der Waals surface area contributed by atoms with Crippen LogP contribution < -0.4 is 10.6 Å². The van der Waals surface area contributed by atoms with Crippen LogP contribution in [0, 0.1) is 23.7 Å². The standard InChI is InChI=1S/C25H29N3O4S/c29-22(27-13-14-5-4-10-26-12-14)21-17-6-2-1-3-7-18(17)33-24(21)28-23(30)19-15-8-9-16(11-15)20(19)25(31)32/h4-5,10,12,15-16,19-20H,1-3,6-9,11,13H2,(H,27,29)(H,28,30)(H,31,32). The second-order valence-electron chi connectivity index (χ2n) is 9.52. The number of carboxylic acid groups (broad SMARTS) is 1. The van der Waals surface area contributed by atoms with Crippen molar-refractivity contribution >= 4 is 34.1 Å². The fraction of sp³-hybridized carbons (Fsp3) is 0.520. The van der Waals surface area contributed by atoms with E-state index in [1.807, 2.05) is 12.1 Å². The number of nitrogens with zero attached hydrogens (tertiary/aromatic N) is 1. The van der Waals surface area contributed by atoms with E-state index < -0.39 is 17.8 Å². The lowest BCUT2D eigenvalue weighted by Crippen LogP contribution is -2.38. The lowest BCUT2D eigenvalue weighted by Gasteiger charge is -2.27. The minimum Gasteiger partial charge on any atom is -0.481 e. The minimum absolute atomic E-state index is 0.0885. The van der Waals surface area contributed by atoms with Crippen LogP contribution in [0.15, 0.2) is 24.5 Å². The fourth-order valence-corrected chi connectivity index (χ4v) is 7.35. The van der Waals surface area contributed by atoms with Crippen LogP contribution in [0.2, 0.25) is 0 Å². The van der Waals surface area contributed by atoms with Gasteiger partial charge in [0, 0.05) is 23.8 Å². The Morgan fingerprint density at radius 3 is 2.64 bits per heavy atom. The van der Waals surface area contributed by atoms with Crippen LogP contribution in [0.5, 0.6) is 0 Å². The van der Waals surface area contributed by atoms with E-state index in [1.165, 1.54) is 11.3 Å². The summed E-state index contributed by atoms with van der Waals surface area (Å²) in [6.45, 7) is 0.359. The van der Waals surface area contributed by atoms with E-state index in [1.54, 1.807) is 12.4 Å². The molecule has 0 radical (unpaired) electrons. The number of amides is 2. The number of anilines is 1. The maximum absolute atomic E-state index is 13.3. The van der Waals surface area contributed by atoms with Crippen molar-refractivity contribution in [3.8, 4) is 0 Å². The van der Waals surface area contributed by atoms with E-state index in [0.29, 0.717) is 17.1 Å². The van der Waals surface area contributed by atoms with E-state index >= 15 is 0 Å². The summed E-state index contributed by atoms with van der Waals surface area (Å²) < 4.78 is 0. The zero-order valence-electron chi connectivity index (χ0n) is 18.5. The number of carboxylic acids is 1. The molecule has 0 aromatic carbocycles. The zero-order chi connectivity index (χ0) is 22.9. The average molecular weight is 468 g/mol. The highest BCUT2D eigenvalue weighted by Crippen LogP contribution is 2.53. The molecule has 8 heteroatoms. The van der Waals surface area contributed by atoms with Gasteiger partial charge in [0.15, 0.2) is 0 Å². The van der Waals surface area contributed by atoms with Gasteiger partial charge in [-0.1, -0.05) is 12.5 Å². The van der Waals surface area contributed by atoms with Crippen LogP contribution in [-0.2, 0) is 29.0 Å². The van der Waals surface area contributed by atoms with Gasteiger partial charge in [-0.15, -0.1) is 11.3 Å². The number of pyridine rings is 1. The number of aryl methyl sites for hydroxylation is 1. The molecule has 0 saturated heterocycles. The predicted octanol–water partition coefficient (Wildman–Crippen LogP) is 4.03. The highest BCUT2D eigenvalue weighted by molar-refractivity contribution is 7.17. The molecule has 3 aliphatic carbocycles. The number of aromatic nitrogens is 1. The lowest BCUT2D eigenvalue weighted by molar-refractivity contribution is -0.148. The van der Waals surface area contributed by atoms with Crippen LogP contribution in [0.1, 0.15) is 64.9 Å². The maximum Gasteiger partial charge on any atom is 0.307 e. The third-order valence-corrected chi connectivity index (χ3v) is 8.77. The Balaban J connectivity index is 1.40. The quantitative estimate of drug-likeness (QED) is 0.556. The molecule has 174 valence electrons. The molecule has 3 aliphatic rings. The van der Waals surface area contributed by atoms with Gasteiger partial charge in [-0.3, -0.25) is 19.4 Å². The zero-order valence-corrected chi connectivity index (χ0v) is 19.3. The second kappa shape index (κ2) is 9.25. The molecule has 2 heterocycles. The van der Waals surface area contributed by atoms with Crippen molar-refractivity contribution in [2.24, 2.45) is 23.7 Å². The van der Waals surface area contributed by atoms with E-state index in [0.717, 1.165) is 67.4 Å². The molecule has 2 fully saturated rings. The van der Waals surface area contributed by atoms with Crippen molar-refractivity contribution in [3.05, 3.63) is 46.1 Å². The fourth-order valence-electron chi connectivity index (χ4n) is 6.06. The molecule has 4 unspecified atom stereocenters. The molecule has 33 heavy (non-hydrogen) atoms. The third-order valence-electron chi connectivity index (χ3n) is 7.57. The Labute approximate surface area is 197 Å². The number of carbonyl (C=O) groups is 3. The summed E-state index contributed by atoms with van der Waals surface area (Å²) in [7, 11) is 0. The second-order valence-corrected chi connectivity index (χ2v) is 10.6. The van der Waals surface area contributed by atoms with E-state index in [9.17, 15) is 19.5 Å². The molecule has 0 aliphatic heterocycles. The molecule has 3 N–H and O–H groups in total. The number of carbonyl (C=O) groups excluding carboxylic acids is 2. The Morgan fingerprint density at radius 2 is 1.88 bits per heavy atom. The van der Waals surface area contributed by atoms with Crippen LogP contribution in [-0.4, -0.2) is 27.9 Å². The molecule has 2 saturated carbocycles. The number of nitrogens with one attached hydrogen (secondary N) is 2. The minimum atomic E-state index is -0.876. The molecule has 2 aromatic heterocycles. The van der Waals surface area contributed by atoms with Gasteiger partial charge in [-0.25, -0.2) is 0 Å². The van der Waals surface area contributed by atoms with Crippen molar-refractivity contribution in [1.82, 2.24) is 10.3 Å². The molecule has 5 rings (SSSR count). The van der Waals surface area contributed by atoms with Gasteiger partial charge in [0.2, 0.25) is 5.91 Å². The SMILES string of the molecule is O=C(NCc1cccnc1)c1c(NC(=O)C2C3CCC(C3)C2C(=O)O)sc2c1CCCCC2. The Morgan fingerprint density at radius 1 is 1.09 bits per heavy atom. The van der Waals surface area contributed by atoms with Crippen LogP contribution in [0.4, 0.5) is 5.00 Å². The number of hydrogen-bond donors (Lipinski definition) is 3. The number of aliphatic carboxylic acids is 1. The van der Waals surface area contributed by atoms with Gasteiger partial charge in [-0.2, -0.15) is 0 Å². The van der Waals surface area contributed by atoms with Crippen LogP contribution in [0.25, 0.3) is 0 Å². The third kappa shape index (κ3) is 4.28. The van der Waals surface area contributed by atoms with Gasteiger partial charge in [-0.05, 0) is 74.0 Å². The molecule has 2 bridgehead atoms. The van der Waals surface area contributed by atoms with Gasteiger partial charge in [0.1, 0.15) is 5.00 Å². The molecule has 4 atom stereocenters. The van der Waals surface area contributed by atoms with Crippen molar-refractivity contribution in [2.45, 2.75) is 57.9 Å². The topological polar surface area (TPSA) is 108 Å². The Bertz CT molecular complexity index is 1070. The van der Waals surface area contributed by atoms with Crippen LogP contribution in [0.3, 0.4) is 0 Å². The van der Waals surface area contributed by atoms with Gasteiger partial charge < -0.3 is 15.7 Å². The van der Waals surface area contributed by atoms with E-state index in [-0.39, 0.29) is 23.7 Å². The highest BCUT2D eigenvalue weighted by Gasteiger charge is 2.54. The predicted molar refractivity (Wildman–Crippen MR) is 125 cm³/mol.